The Kier molecular flexibility index (Phi) is 6.23. The summed E-state index contributed by atoms with van der Waals surface area (Å²) in [5.74, 6) is 0.987. The second kappa shape index (κ2) is 8.20. The van der Waals surface area contributed by atoms with E-state index in [2.05, 4.69) is 24.5 Å². The average molecular weight is 378 g/mol. The van der Waals surface area contributed by atoms with Crippen molar-refractivity contribution in [3.8, 4) is 5.75 Å². The summed E-state index contributed by atoms with van der Waals surface area (Å²) in [6.45, 7) is 5.82. The van der Waals surface area contributed by atoms with E-state index < -0.39 is 22.4 Å². The first-order valence-electron chi connectivity index (χ1n) is 8.07. The van der Waals surface area contributed by atoms with Gasteiger partial charge in [0.15, 0.2) is 6.23 Å². The van der Waals surface area contributed by atoms with Crippen LogP contribution in [0.25, 0.3) is 0 Å². The van der Waals surface area contributed by atoms with Gasteiger partial charge in [-0.2, -0.15) is 8.42 Å². The fourth-order valence-electron chi connectivity index (χ4n) is 2.35. The number of hydrogen-bond acceptors (Lipinski definition) is 4. The summed E-state index contributed by atoms with van der Waals surface area (Å²) in [6, 6.07) is 12.3. The first-order chi connectivity index (χ1) is 12.2. The first-order valence-corrected chi connectivity index (χ1v) is 9.51. The van der Waals surface area contributed by atoms with Crippen LogP contribution in [0, 0.1) is 0 Å². The molecule has 0 aliphatic carbocycles. The Hall–Kier alpha value is -2.58. The molecule has 2 rings (SSSR count). The van der Waals surface area contributed by atoms with Crippen LogP contribution >= 0.6 is 0 Å². The lowest BCUT2D eigenvalue weighted by Crippen LogP contribution is -2.39. The lowest BCUT2D eigenvalue weighted by molar-refractivity contribution is 0.181. The van der Waals surface area contributed by atoms with E-state index in [0.29, 0.717) is 11.4 Å². The summed E-state index contributed by atoms with van der Waals surface area (Å²) in [6.07, 6.45) is -0.577. The van der Waals surface area contributed by atoms with Gasteiger partial charge >= 0.3 is 6.03 Å². The smallest absolute Gasteiger partial charge is 0.322 e. The third kappa shape index (κ3) is 5.47. The normalized spacial score (nSPS) is 12.5. The summed E-state index contributed by atoms with van der Waals surface area (Å²) in [5.41, 5.74) is 1.42. The number of amides is 2. The summed E-state index contributed by atoms with van der Waals surface area (Å²) in [4.78, 5) is 11.8. The zero-order valence-electron chi connectivity index (χ0n) is 14.8. The molecular formula is C18H22N2O5S. The van der Waals surface area contributed by atoms with Crippen LogP contribution in [-0.4, -0.2) is 25.2 Å². The maximum atomic E-state index is 12.0. The Bertz CT molecular complexity index is 863. The molecule has 1 atom stereocenters. The van der Waals surface area contributed by atoms with Crippen molar-refractivity contribution in [2.24, 2.45) is 0 Å². The molecule has 1 unspecified atom stereocenters. The molecule has 0 saturated heterocycles. The summed E-state index contributed by atoms with van der Waals surface area (Å²) < 4.78 is 36.7. The Labute approximate surface area is 153 Å². The van der Waals surface area contributed by atoms with E-state index in [4.69, 9.17) is 9.29 Å². The van der Waals surface area contributed by atoms with E-state index in [1.807, 2.05) is 24.3 Å². The third-order valence-corrected chi connectivity index (χ3v) is 4.46. The number of para-hydroxylation sites is 1. The SMILES string of the molecule is CC(NC(=O)Nc1ccc(S(=O)(=O)O)cc1)Oc1ccccc1C(C)C. The van der Waals surface area contributed by atoms with Crippen molar-refractivity contribution >= 4 is 21.8 Å². The second-order valence-electron chi connectivity index (χ2n) is 6.05. The van der Waals surface area contributed by atoms with Crippen molar-refractivity contribution < 1.29 is 22.5 Å². The summed E-state index contributed by atoms with van der Waals surface area (Å²) in [7, 11) is -4.26. The molecule has 0 radical (unpaired) electrons. The number of urea groups is 1. The largest absolute Gasteiger partial charge is 0.471 e. The summed E-state index contributed by atoms with van der Waals surface area (Å²) in [5, 5.41) is 5.22. The standard InChI is InChI=1S/C18H22N2O5S/c1-12(2)16-6-4-5-7-17(16)25-13(3)19-18(21)20-14-8-10-15(11-9-14)26(22,23)24/h4-13H,1-3H3,(H2,19,20,21)(H,22,23,24). The van der Waals surface area contributed by atoms with Gasteiger partial charge in [-0.3, -0.25) is 4.55 Å². The predicted molar refractivity (Wildman–Crippen MR) is 99.0 cm³/mol. The molecular weight excluding hydrogens is 356 g/mol. The van der Waals surface area contributed by atoms with E-state index in [1.165, 1.54) is 24.3 Å². The van der Waals surface area contributed by atoms with Crippen LogP contribution in [0.5, 0.6) is 5.75 Å². The third-order valence-electron chi connectivity index (χ3n) is 3.59. The maximum Gasteiger partial charge on any atom is 0.322 e. The van der Waals surface area contributed by atoms with Crippen molar-refractivity contribution in [3.63, 3.8) is 0 Å². The Balaban J connectivity index is 1.95. The highest BCUT2D eigenvalue weighted by Crippen LogP contribution is 2.26. The topological polar surface area (TPSA) is 105 Å². The molecule has 2 aromatic rings. The highest BCUT2D eigenvalue weighted by Gasteiger charge is 2.13. The molecule has 0 aliphatic heterocycles. The minimum absolute atomic E-state index is 0.245. The molecule has 2 aromatic carbocycles. The zero-order chi connectivity index (χ0) is 19.3. The number of carbonyl (C=O) groups excluding carboxylic acids is 1. The minimum atomic E-state index is -4.26. The number of nitrogens with one attached hydrogen (secondary N) is 2. The quantitative estimate of drug-likeness (QED) is 0.526. The van der Waals surface area contributed by atoms with Gasteiger partial charge < -0.3 is 15.4 Å². The molecule has 0 aromatic heterocycles. The lowest BCUT2D eigenvalue weighted by Gasteiger charge is -2.20. The van der Waals surface area contributed by atoms with Gasteiger partial charge in [0.1, 0.15) is 5.75 Å². The fourth-order valence-corrected chi connectivity index (χ4v) is 2.83. The number of ether oxygens (including phenoxy) is 1. The Morgan fingerprint density at radius 2 is 1.65 bits per heavy atom. The molecule has 7 nitrogen and oxygen atoms in total. The minimum Gasteiger partial charge on any atom is -0.471 e. The molecule has 0 fully saturated rings. The van der Waals surface area contributed by atoms with Crippen LogP contribution in [0.2, 0.25) is 0 Å². The van der Waals surface area contributed by atoms with Crippen LogP contribution in [0.15, 0.2) is 53.4 Å². The van der Waals surface area contributed by atoms with E-state index in [0.717, 1.165) is 5.56 Å². The number of anilines is 1. The summed E-state index contributed by atoms with van der Waals surface area (Å²) >= 11 is 0. The van der Waals surface area contributed by atoms with Crippen molar-refractivity contribution in [1.82, 2.24) is 5.32 Å². The van der Waals surface area contributed by atoms with E-state index in [9.17, 15) is 13.2 Å². The van der Waals surface area contributed by atoms with Crippen LogP contribution in [-0.2, 0) is 10.1 Å². The first kappa shape index (κ1) is 19.7. The molecule has 140 valence electrons. The van der Waals surface area contributed by atoms with E-state index >= 15 is 0 Å². The second-order valence-corrected chi connectivity index (χ2v) is 7.47. The van der Waals surface area contributed by atoms with Crippen LogP contribution < -0.4 is 15.4 Å². The van der Waals surface area contributed by atoms with Gasteiger partial charge in [0.25, 0.3) is 10.1 Å². The molecule has 3 N–H and O–H groups in total. The highest BCUT2D eigenvalue weighted by atomic mass is 32.2. The van der Waals surface area contributed by atoms with Gasteiger partial charge in [-0.05, 0) is 48.7 Å². The highest BCUT2D eigenvalue weighted by molar-refractivity contribution is 7.85. The predicted octanol–water partition coefficient (Wildman–Crippen LogP) is 3.60. The van der Waals surface area contributed by atoms with Crippen molar-refractivity contribution in [2.75, 3.05) is 5.32 Å². The fraction of sp³-hybridized carbons (Fsp3) is 0.278. The maximum absolute atomic E-state index is 12.0. The molecule has 8 heteroatoms. The van der Waals surface area contributed by atoms with E-state index in [-0.39, 0.29) is 10.8 Å². The molecule has 0 aliphatic rings. The van der Waals surface area contributed by atoms with Crippen LogP contribution in [0.1, 0.15) is 32.3 Å². The zero-order valence-corrected chi connectivity index (χ0v) is 15.6. The Morgan fingerprint density at radius 3 is 2.23 bits per heavy atom. The molecule has 2 amide bonds. The van der Waals surface area contributed by atoms with E-state index in [1.54, 1.807) is 6.92 Å². The molecule has 0 bridgehead atoms. The van der Waals surface area contributed by atoms with Crippen LogP contribution in [0.4, 0.5) is 10.5 Å². The Morgan fingerprint density at radius 1 is 1.04 bits per heavy atom. The van der Waals surface area contributed by atoms with Gasteiger partial charge in [0.2, 0.25) is 0 Å². The molecule has 0 saturated carbocycles. The lowest BCUT2D eigenvalue weighted by atomic mass is 10.0. The number of benzene rings is 2. The molecule has 0 heterocycles. The van der Waals surface area contributed by atoms with Gasteiger partial charge in [-0.25, -0.2) is 4.79 Å². The van der Waals surface area contributed by atoms with Crippen molar-refractivity contribution in [1.29, 1.82) is 0 Å². The van der Waals surface area contributed by atoms with Crippen molar-refractivity contribution in [2.45, 2.75) is 37.8 Å². The number of hydrogen-bond donors (Lipinski definition) is 3. The number of rotatable bonds is 6. The van der Waals surface area contributed by atoms with Crippen LogP contribution in [0.3, 0.4) is 0 Å². The van der Waals surface area contributed by atoms with Gasteiger partial charge in [0.05, 0.1) is 4.90 Å². The van der Waals surface area contributed by atoms with Gasteiger partial charge in [0, 0.05) is 5.69 Å². The number of carbonyl (C=O) groups is 1. The average Bonchev–Trinajstić information content (AvgIpc) is 2.54. The van der Waals surface area contributed by atoms with Gasteiger partial charge in [-0.15, -0.1) is 0 Å². The molecule has 26 heavy (non-hydrogen) atoms. The van der Waals surface area contributed by atoms with Gasteiger partial charge in [-0.1, -0.05) is 32.0 Å². The monoisotopic (exact) mass is 378 g/mol. The van der Waals surface area contributed by atoms with Crippen molar-refractivity contribution in [3.05, 3.63) is 54.1 Å². The molecule has 0 spiro atoms.